The van der Waals surface area contributed by atoms with Gasteiger partial charge in [-0.15, -0.1) is 0 Å². The Morgan fingerprint density at radius 3 is 2.03 bits per heavy atom. The van der Waals surface area contributed by atoms with Crippen LogP contribution in [0.2, 0.25) is 0 Å². The van der Waals surface area contributed by atoms with Crippen LogP contribution in [-0.2, 0) is 39.1 Å². The van der Waals surface area contributed by atoms with E-state index in [4.69, 9.17) is 0 Å². The lowest BCUT2D eigenvalue weighted by Gasteiger charge is -2.29. The van der Waals surface area contributed by atoms with Gasteiger partial charge < -0.3 is 10.2 Å². The maximum atomic E-state index is 13.4. The summed E-state index contributed by atoms with van der Waals surface area (Å²) in [5.74, 6) is -0.348. The summed E-state index contributed by atoms with van der Waals surface area (Å²) in [6.45, 7) is 3.59. The Bertz CT molecular complexity index is 1310. The first-order valence-corrected chi connectivity index (χ1v) is 14.5. The number of carbonyl (C=O) groups is 2. The number of nitrogens with zero attached hydrogens (tertiary/aromatic N) is 2. The van der Waals surface area contributed by atoms with E-state index >= 15 is 0 Å². The van der Waals surface area contributed by atoms with Crippen molar-refractivity contribution in [3.8, 4) is 0 Å². The Labute approximate surface area is 225 Å². The van der Waals surface area contributed by atoms with E-state index in [2.05, 4.69) is 5.32 Å². The first-order chi connectivity index (χ1) is 18.3. The minimum absolute atomic E-state index is 0.134. The van der Waals surface area contributed by atoms with E-state index in [0.717, 1.165) is 29.5 Å². The third kappa shape index (κ3) is 7.08. The van der Waals surface area contributed by atoms with Crippen molar-refractivity contribution in [3.05, 3.63) is 102 Å². The Hall–Kier alpha value is -3.49. The molecule has 7 nitrogen and oxygen atoms in total. The van der Waals surface area contributed by atoms with Gasteiger partial charge in [-0.1, -0.05) is 72.8 Å². The molecule has 1 saturated heterocycles. The zero-order valence-corrected chi connectivity index (χ0v) is 22.6. The average molecular weight is 534 g/mol. The minimum Gasteiger partial charge on any atom is -0.350 e. The highest BCUT2D eigenvalue weighted by Crippen LogP contribution is 2.22. The van der Waals surface area contributed by atoms with E-state index in [1.807, 2.05) is 60.7 Å². The lowest BCUT2D eigenvalue weighted by molar-refractivity contribution is -0.140. The van der Waals surface area contributed by atoms with Crippen molar-refractivity contribution >= 4 is 21.8 Å². The van der Waals surface area contributed by atoms with Crippen LogP contribution in [0.25, 0.3) is 0 Å². The molecule has 1 unspecified atom stereocenters. The molecule has 200 valence electrons. The van der Waals surface area contributed by atoms with Crippen molar-refractivity contribution in [2.24, 2.45) is 0 Å². The van der Waals surface area contributed by atoms with Crippen LogP contribution in [0, 0.1) is 0 Å². The van der Waals surface area contributed by atoms with Crippen LogP contribution in [-0.4, -0.2) is 48.6 Å². The zero-order valence-electron chi connectivity index (χ0n) is 21.8. The molecule has 3 aromatic carbocycles. The second kappa shape index (κ2) is 12.8. The van der Waals surface area contributed by atoms with Crippen molar-refractivity contribution in [3.63, 3.8) is 0 Å². The molecule has 38 heavy (non-hydrogen) atoms. The fourth-order valence-corrected chi connectivity index (χ4v) is 6.11. The van der Waals surface area contributed by atoms with Gasteiger partial charge in [-0.3, -0.25) is 9.59 Å². The van der Waals surface area contributed by atoms with E-state index in [-0.39, 0.29) is 23.1 Å². The van der Waals surface area contributed by atoms with Gasteiger partial charge in [0, 0.05) is 32.6 Å². The molecule has 1 aliphatic rings. The lowest BCUT2D eigenvalue weighted by atomic mass is 10.1. The molecule has 0 aromatic heterocycles. The molecule has 3 aromatic rings. The van der Waals surface area contributed by atoms with Crippen LogP contribution >= 0.6 is 0 Å². The van der Waals surface area contributed by atoms with Crippen LogP contribution in [0.15, 0.2) is 89.8 Å². The standard InChI is InChI=1S/C30H35N3O4S/c1-24(30(35)31-22-26-10-4-2-5-11-26)33(23-27-12-6-3-7-13-27)29(34)19-16-25-14-17-28(18-15-25)38(36,37)32-20-8-9-21-32/h2-7,10-15,17-18,24H,8-9,16,19-23H2,1H3,(H,31,35). The molecule has 0 saturated carbocycles. The van der Waals surface area contributed by atoms with E-state index in [9.17, 15) is 18.0 Å². The van der Waals surface area contributed by atoms with Crippen LogP contribution in [0.3, 0.4) is 0 Å². The van der Waals surface area contributed by atoms with Crippen molar-refractivity contribution < 1.29 is 18.0 Å². The van der Waals surface area contributed by atoms with E-state index in [0.29, 0.717) is 32.6 Å². The van der Waals surface area contributed by atoms with E-state index in [1.165, 1.54) is 4.31 Å². The number of carbonyl (C=O) groups excluding carboxylic acids is 2. The normalized spacial score (nSPS) is 14.7. The second-order valence-electron chi connectivity index (χ2n) is 9.64. The van der Waals surface area contributed by atoms with Gasteiger partial charge >= 0.3 is 0 Å². The predicted molar refractivity (Wildman–Crippen MR) is 147 cm³/mol. The Balaban J connectivity index is 1.40. The predicted octanol–water partition coefficient (Wildman–Crippen LogP) is 4.14. The van der Waals surface area contributed by atoms with Gasteiger partial charge in [0.05, 0.1) is 4.90 Å². The molecule has 1 heterocycles. The smallest absolute Gasteiger partial charge is 0.243 e. The summed E-state index contributed by atoms with van der Waals surface area (Å²) in [6.07, 6.45) is 2.44. The number of sulfonamides is 1. The third-order valence-electron chi connectivity index (χ3n) is 6.93. The first kappa shape index (κ1) is 27.5. The highest BCUT2D eigenvalue weighted by atomic mass is 32.2. The zero-order chi connectivity index (χ0) is 27.0. The van der Waals surface area contributed by atoms with Crippen LogP contribution in [0.5, 0.6) is 0 Å². The molecule has 1 aliphatic heterocycles. The number of nitrogens with one attached hydrogen (secondary N) is 1. The number of benzene rings is 3. The molecule has 0 spiro atoms. The summed E-state index contributed by atoms with van der Waals surface area (Å²) < 4.78 is 27.1. The molecule has 4 rings (SSSR count). The van der Waals surface area contributed by atoms with Crippen LogP contribution in [0.4, 0.5) is 0 Å². The van der Waals surface area contributed by atoms with E-state index in [1.54, 1.807) is 36.1 Å². The van der Waals surface area contributed by atoms with Crippen molar-refractivity contribution in [2.75, 3.05) is 13.1 Å². The number of hydrogen-bond donors (Lipinski definition) is 1. The van der Waals surface area contributed by atoms with Crippen molar-refractivity contribution in [1.29, 1.82) is 0 Å². The Morgan fingerprint density at radius 1 is 0.842 bits per heavy atom. The lowest BCUT2D eigenvalue weighted by Crippen LogP contribution is -2.47. The second-order valence-corrected chi connectivity index (χ2v) is 11.6. The topological polar surface area (TPSA) is 86.8 Å². The summed E-state index contributed by atoms with van der Waals surface area (Å²) >= 11 is 0. The third-order valence-corrected chi connectivity index (χ3v) is 8.84. The van der Waals surface area contributed by atoms with Gasteiger partial charge in [0.2, 0.25) is 21.8 Å². The summed E-state index contributed by atoms with van der Waals surface area (Å²) in [4.78, 5) is 28.3. The van der Waals surface area contributed by atoms with Gasteiger partial charge in [-0.05, 0) is 55.0 Å². The largest absolute Gasteiger partial charge is 0.350 e. The van der Waals surface area contributed by atoms with Gasteiger partial charge in [-0.25, -0.2) is 8.42 Å². The molecule has 8 heteroatoms. The Kier molecular flexibility index (Phi) is 9.31. The summed E-state index contributed by atoms with van der Waals surface area (Å²) in [6, 6.07) is 25.4. The highest BCUT2D eigenvalue weighted by molar-refractivity contribution is 7.89. The molecule has 1 fully saturated rings. The van der Waals surface area contributed by atoms with E-state index < -0.39 is 16.1 Å². The van der Waals surface area contributed by atoms with Crippen LogP contribution < -0.4 is 5.32 Å². The molecular formula is C30H35N3O4S. The molecule has 0 radical (unpaired) electrons. The monoisotopic (exact) mass is 533 g/mol. The first-order valence-electron chi connectivity index (χ1n) is 13.1. The van der Waals surface area contributed by atoms with Gasteiger partial charge in [0.1, 0.15) is 6.04 Å². The maximum absolute atomic E-state index is 13.4. The Morgan fingerprint density at radius 2 is 1.42 bits per heavy atom. The molecule has 2 amide bonds. The number of aryl methyl sites for hydroxylation is 1. The molecule has 1 N–H and O–H groups in total. The average Bonchev–Trinajstić information content (AvgIpc) is 3.51. The number of rotatable bonds is 11. The maximum Gasteiger partial charge on any atom is 0.243 e. The van der Waals surface area contributed by atoms with Crippen LogP contribution in [0.1, 0.15) is 42.9 Å². The summed E-state index contributed by atoms with van der Waals surface area (Å²) in [7, 11) is -3.47. The number of amides is 2. The summed E-state index contributed by atoms with van der Waals surface area (Å²) in [5, 5.41) is 2.94. The quantitative estimate of drug-likeness (QED) is 0.401. The molecule has 1 atom stereocenters. The van der Waals surface area contributed by atoms with Gasteiger partial charge in [0.15, 0.2) is 0 Å². The van der Waals surface area contributed by atoms with Crippen molar-refractivity contribution in [2.45, 2.75) is 56.6 Å². The van der Waals surface area contributed by atoms with Gasteiger partial charge in [-0.2, -0.15) is 4.31 Å². The summed E-state index contributed by atoms with van der Waals surface area (Å²) in [5.41, 5.74) is 2.81. The highest BCUT2D eigenvalue weighted by Gasteiger charge is 2.28. The molecule has 0 aliphatic carbocycles. The van der Waals surface area contributed by atoms with Crippen molar-refractivity contribution in [1.82, 2.24) is 14.5 Å². The molecule has 0 bridgehead atoms. The fraction of sp³-hybridized carbons (Fsp3) is 0.333. The molecular weight excluding hydrogens is 498 g/mol. The minimum atomic E-state index is -3.47. The number of hydrogen-bond acceptors (Lipinski definition) is 4. The fourth-order valence-electron chi connectivity index (χ4n) is 4.60. The van der Waals surface area contributed by atoms with Gasteiger partial charge in [0.25, 0.3) is 0 Å². The SMILES string of the molecule is CC(C(=O)NCc1ccccc1)N(Cc1ccccc1)C(=O)CCc1ccc(S(=O)(=O)N2CCCC2)cc1.